The van der Waals surface area contributed by atoms with Crippen LogP contribution < -0.4 is 5.32 Å². The summed E-state index contributed by atoms with van der Waals surface area (Å²) in [5.74, 6) is -0.936. The molecule has 11 heteroatoms. The van der Waals surface area contributed by atoms with E-state index in [1.54, 1.807) is 12.1 Å². The number of amides is 2. The summed E-state index contributed by atoms with van der Waals surface area (Å²) in [6.07, 6.45) is 1.51. The maximum absolute atomic E-state index is 12.6. The first kappa shape index (κ1) is 21.0. The van der Waals surface area contributed by atoms with Gasteiger partial charge in [-0.05, 0) is 36.4 Å². The molecule has 8 nitrogen and oxygen atoms in total. The molecule has 0 aliphatic carbocycles. The molecule has 29 heavy (non-hydrogen) atoms. The number of carbonyl (C=O) groups is 2. The Morgan fingerprint density at radius 2 is 2.00 bits per heavy atom. The molecule has 0 aromatic heterocycles. The van der Waals surface area contributed by atoms with Gasteiger partial charge in [0, 0.05) is 27.9 Å². The van der Waals surface area contributed by atoms with E-state index in [2.05, 4.69) is 21.2 Å². The van der Waals surface area contributed by atoms with E-state index in [1.165, 1.54) is 36.4 Å². The number of nitro groups is 1. The summed E-state index contributed by atoms with van der Waals surface area (Å²) in [5.41, 5.74) is 0.705. The van der Waals surface area contributed by atoms with E-state index in [9.17, 15) is 24.8 Å². The van der Waals surface area contributed by atoms with E-state index in [0.717, 1.165) is 21.1 Å². The van der Waals surface area contributed by atoms with Gasteiger partial charge >= 0.3 is 0 Å². The number of hydrogen-bond acceptors (Lipinski definition) is 7. The van der Waals surface area contributed by atoms with Gasteiger partial charge < -0.3 is 10.4 Å². The first-order valence-electron chi connectivity index (χ1n) is 8.03. The Kier molecular flexibility index (Phi) is 6.30. The standard InChI is InChI=1S/C18H12BrN3O5S2/c19-11-1-6-14(23)10(7-11)8-15-17(25)21(18(28)29-15)9-16(24)20-12-2-4-13(5-3-12)22(26)27/h1-8,23H,9H2,(H,20,24)/b15-8-. The number of phenols is 1. The molecule has 0 radical (unpaired) electrons. The van der Waals surface area contributed by atoms with Crippen molar-refractivity contribution in [3.05, 3.63) is 67.5 Å². The Morgan fingerprint density at radius 3 is 2.66 bits per heavy atom. The fourth-order valence-electron chi connectivity index (χ4n) is 2.43. The third-order valence-corrected chi connectivity index (χ3v) is 5.68. The highest BCUT2D eigenvalue weighted by atomic mass is 79.9. The molecule has 1 aliphatic rings. The van der Waals surface area contributed by atoms with E-state index >= 15 is 0 Å². The van der Waals surface area contributed by atoms with Crippen molar-refractivity contribution in [3.8, 4) is 5.75 Å². The molecule has 0 saturated carbocycles. The average molecular weight is 494 g/mol. The number of non-ortho nitro benzene ring substituents is 1. The molecular formula is C18H12BrN3O5S2. The zero-order valence-electron chi connectivity index (χ0n) is 14.5. The van der Waals surface area contributed by atoms with Crippen molar-refractivity contribution in [2.75, 3.05) is 11.9 Å². The van der Waals surface area contributed by atoms with Gasteiger partial charge in [0.05, 0.1) is 9.83 Å². The lowest BCUT2D eigenvalue weighted by Gasteiger charge is -2.14. The second kappa shape index (κ2) is 8.72. The molecule has 1 fully saturated rings. The predicted molar refractivity (Wildman–Crippen MR) is 117 cm³/mol. The minimum absolute atomic E-state index is 0.00869. The van der Waals surface area contributed by atoms with Crippen molar-refractivity contribution in [3.63, 3.8) is 0 Å². The number of carbonyl (C=O) groups excluding carboxylic acids is 2. The number of nitrogens with zero attached hydrogens (tertiary/aromatic N) is 2. The van der Waals surface area contributed by atoms with E-state index in [-0.39, 0.29) is 27.2 Å². The summed E-state index contributed by atoms with van der Waals surface area (Å²) >= 11 is 9.53. The van der Waals surface area contributed by atoms with Gasteiger partial charge in [-0.25, -0.2) is 0 Å². The van der Waals surface area contributed by atoms with Gasteiger partial charge in [-0.3, -0.25) is 24.6 Å². The van der Waals surface area contributed by atoms with Gasteiger partial charge in [-0.2, -0.15) is 0 Å². The monoisotopic (exact) mass is 493 g/mol. The molecular weight excluding hydrogens is 482 g/mol. The fourth-order valence-corrected chi connectivity index (χ4v) is 4.05. The van der Waals surface area contributed by atoms with Gasteiger partial charge in [0.1, 0.15) is 16.6 Å². The summed E-state index contributed by atoms with van der Waals surface area (Å²) in [6.45, 7) is -0.302. The molecule has 2 aromatic rings. The van der Waals surface area contributed by atoms with Gasteiger partial charge in [0.25, 0.3) is 11.6 Å². The minimum Gasteiger partial charge on any atom is -0.507 e. The number of hydrogen-bond donors (Lipinski definition) is 2. The van der Waals surface area contributed by atoms with Crippen LogP contribution in [0.4, 0.5) is 11.4 Å². The topological polar surface area (TPSA) is 113 Å². The number of thiocarbonyl (C=S) groups is 1. The molecule has 1 heterocycles. The van der Waals surface area contributed by atoms with Crippen LogP contribution >= 0.6 is 39.9 Å². The van der Waals surface area contributed by atoms with Crippen LogP contribution in [0.1, 0.15) is 5.56 Å². The number of benzene rings is 2. The van der Waals surface area contributed by atoms with Crippen LogP contribution in [0.2, 0.25) is 0 Å². The van der Waals surface area contributed by atoms with Crippen molar-refractivity contribution < 1.29 is 19.6 Å². The van der Waals surface area contributed by atoms with Crippen LogP contribution in [-0.2, 0) is 9.59 Å². The number of halogens is 1. The molecule has 2 amide bonds. The summed E-state index contributed by atoms with van der Waals surface area (Å²) < 4.78 is 0.953. The lowest BCUT2D eigenvalue weighted by Crippen LogP contribution is -2.36. The Hall–Kier alpha value is -2.76. The Balaban J connectivity index is 1.69. The Bertz CT molecular complexity index is 1060. The minimum atomic E-state index is -0.541. The van der Waals surface area contributed by atoms with Crippen LogP contribution in [-0.4, -0.2) is 37.6 Å². The third kappa shape index (κ3) is 5.00. The molecule has 1 saturated heterocycles. The van der Waals surface area contributed by atoms with E-state index < -0.39 is 16.7 Å². The van der Waals surface area contributed by atoms with Gasteiger partial charge in [-0.15, -0.1) is 0 Å². The maximum Gasteiger partial charge on any atom is 0.269 e. The Morgan fingerprint density at radius 1 is 1.31 bits per heavy atom. The number of nitrogens with one attached hydrogen (secondary N) is 1. The fraction of sp³-hybridized carbons (Fsp3) is 0.0556. The highest BCUT2D eigenvalue weighted by Gasteiger charge is 2.33. The predicted octanol–water partition coefficient (Wildman–Crippen LogP) is 3.90. The smallest absolute Gasteiger partial charge is 0.269 e. The van der Waals surface area contributed by atoms with Crippen LogP contribution in [0, 0.1) is 10.1 Å². The molecule has 0 bridgehead atoms. The van der Waals surface area contributed by atoms with Crippen LogP contribution in [0.5, 0.6) is 5.75 Å². The summed E-state index contributed by atoms with van der Waals surface area (Å²) in [5, 5.41) is 23.2. The van der Waals surface area contributed by atoms with E-state index in [1.807, 2.05) is 0 Å². The number of rotatable bonds is 5. The van der Waals surface area contributed by atoms with Crippen molar-refractivity contribution in [2.24, 2.45) is 0 Å². The number of phenolic OH excluding ortho intramolecular Hbond substituents is 1. The second-order valence-electron chi connectivity index (χ2n) is 5.82. The zero-order chi connectivity index (χ0) is 21.1. The largest absolute Gasteiger partial charge is 0.507 e. The maximum atomic E-state index is 12.6. The van der Waals surface area contributed by atoms with Crippen LogP contribution in [0.25, 0.3) is 6.08 Å². The Labute approximate surface area is 182 Å². The summed E-state index contributed by atoms with van der Waals surface area (Å²) in [7, 11) is 0. The van der Waals surface area contributed by atoms with Crippen molar-refractivity contribution in [2.45, 2.75) is 0 Å². The van der Waals surface area contributed by atoms with E-state index in [0.29, 0.717) is 11.3 Å². The second-order valence-corrected chi connectivity index (χ2v) is 8.41. The van der Waals surface area contributed by atoms with Crippen molar-refractivity contribution in [1.82, 2.24) is 4.90 Å². The lowest BCUT2D eigenvalue weighted by molar-refractivity contribution is -0.384. The van der Waals surface area contributed by atoms with Crippen LogP contribution in [0.3, 0.4) is 0 Å². The summed E-state index contributed by atoms with van der Waals surface area (Å²) in [6, 6.07) is 10.1. The number of aromatic hydroxyl groups is 1. The molecule has 148 valence electrons. The number of anilines is 1. The number of thioether (sulfide) groups is 1. The third-order valence-electron chi connectivity index (χ3n) is 3.81. The van der Waals surface area contributed by atoms with Gasteiger partial charge in [-0.1, -0.05) is 39.9 Å². The average Bonchev–Trinajstić information content (AvgIpc) is 2.92. The highest BCUT2D eigenvalue weighted by molar-refractivity contribution is 9.10. The molecule has 0 spiro atoms. The molecule has 2 N–H and O–H groups in total. The van der Waals surface area contributed by atoms with Crippen molar-refractivity contribution >= 4 is 73.5 Å². The highest BCUT2D eigenvalue weighted by Crippen LogP contribution is 2.34. The molecule has 1 aliphatic heterocycles. The normalized spacial score (nSPS) is 15.1. The molecule has 0 atom stereocenters. The first-order valence-corrected chi connectivity index (χ1v) is 10.0. The first-order chi connectivity index (χ1) is 13.7. The SMILES string of the molecule is O=C(CN1C(=O)/C(=C/c2cc(Br)ccc2O)SC1=S)Nc1ccc([N+](=O)[O-])cc1. The van der Waals surface area contributed by atoms with Crippen LogP contribution in [0.15, 0.2) is 51.8 Å². The van der Waals surface area contributed by atoms with Crippen molar-refractivity contribution in [1.29, 1.82) is 0 Å². The molecule has 2 aromatic carbocycles. The van der Waals surface area contributed by atoms with Gasteiger partial charge in [0.2, 0.25) is 5.91 Å². The molecule has 3 rings (SSSR count). The van der Waals surface area contributed by atoms with E-state index in [4.69, 9.17) is 12.2 Å². The lowest BCUT2D eigenvalue weighted by atomic mass is 10.2. The summed E-state index contributed by atoms with van der Waals surface area (Å²) in [4.78, 5) is 36.5. The quantitative estimate of drug-likeness (QED) is 0.281. The number of nitro benzene ring substituents is 1. The zero-order valence-corrected chi connectivity index (χ0v) is 17.7. The molecule has 0 unspecified atom stereocenters. The van der Waals surface area contributed by atoms with Gasteiger partial charge in [0.15, 0.2) is 0 Å².